The Morgan fingerprint density at radius 2 is 1.47 bits per heavy atom. The number of nitrogens with zero attached hydrogens (tertiary/aromatic N) is 2. The summed E-state index contributed by atoms with van der Waals surface area (Å²) < 4.78 is 6.95. The Labute approximate surface area is 191 Å². The molecule has 7 rings (SSSR count). The second kappa shape index (κ2) is 6.47. The van der Waals surface area contributed by atoms with Gasteiger partial charge in [0.2, 0.25) is 0 Å². The van der Waals surface area contributed by atoms with Crippen LogP contribution < -0.4 is 4.74 Å². The molecule has 154 valence electrons. The van der Waals surface area contributed by atoms with Gasteiger partial charge in [-0.15, -0.1) is 0 Å². The van der Waals surface area contributed by atoms with Crippen molar-refractivity contribution in [2.45, 2.75) is 18.2 Å². The van der Waals surface area contributed by atoms with Crippen LogP contribution in [0, 0.1) is 0 Å². The minimum absolute atomic E-state index is 0.0341. The molecule has 0 aromatic heterocycles. The smallest absolute Gasteiger partial charge is 0.251 e. The Morgan fingerprint density at radius 3 is 2.19 bits per heavy atom. The molecule has 1 aliphatic carbocycles. The Bertz CT molecular complexity index is 1370. The summed E-state index contributed by atoms with van der Waals surface area (Å²) in [4.78, 5) is 0. The molecule has 32 heavy (non-hydrogen) atoms. The lowest BCUT2D eigenvalue weighted by Crippen LogP contribution is -2.50. The number of rotatable bonds is 1. The van der Waals surface area contributed by atoms with E-state index in [0.29, 0.717) is 5.02 Å². The third-order valence-electron chi connectivity index (χ3n) is 6.80. The molecule has 0 amide bonds. The fourth-order valence-corrected chi connectivity index (χ4v) is 5.64. The molecule has 1 spiro atoms. The topological polar surface area (TPSA) is 24.8 Å². The summed E-state index contributed by atoms with van der Waals surface area (Å²) in [6, 6.07) is 33.4. The van der Waals surface area contributed by atoms with E-state index in [1.165, 1.54) is 11.1 Å². The van der Waals surface area contributed by atoms with Gasteiger partial charge in [0, 0.05) is 28.1 Å². The molecular weight excluding hydrogens is 416 g/mol. The molecule has 0 saturated carbocycles. The van der Waals surface area contributed by atoms with Gasteiger partial charge in [0.05, 0.1) is 11.8 Å². The molecule has 4 aromatic carbocycles. The van der Waals surface area contributed by atoms with Gasteiger partial charge < -0.3 is 4.74 Å². The minimum Gasteiger partial charge on any atom is -0.457 e. The number of ether oxygens (including phenoxy) is 1. The van der Waals surface area contributed by atoms with Gasteiger partial charge in [0.1, 0.15) is 5.75 Å². The van der Waals surface area contributed by atoms with E-state index in [1.807, 2.05) is 24.3 Å². The van der Waals surface area contributed by atoms with Crippen LogP contribution >= 0.6 is 11.6 Å². The molecule has 0 saturated heterocycles. The van der Waals surface area contributed by atoms with Crippen molar-refractivity contribution < 1.29 is 4.74 Å². The van der Waals surface area contributed by atoms with E-state index in [-0.39, 0.29) is 6.04 Å². The van der Waals surface area contributed by atoms with Crippen molar-refractivity contribution in [3.05, 3.63) is 124 Å². The highest BCUT2D eigenvalue weighted by molar-refractivity contribution is 6.30. The zero-order valence-electron chi connectivity index (χ0n) is 17.2. The van der Waals surface area contributed by atoms with Crippen LogP contribution in [0.5, 0.6) is 5.75 Å². The SMILES string of the molecule is Clc1ccc2c(c1)C1CC(c3ccccc3)=NN1C1(O2)c2ccccc2-c2ccccc21. The largest absolute Gasteiger partial charge is 0.457 e. The summed E-state index contributed by atoms with van der Waals surface area (Å²) in [5.74, 6) is 0.867. The lowest BCUT2D eigenvalue weighted by atomic mass is 9.90. The fourth-order valence-electron chi connectivity index (χ4n) is 5.46. The Kier molecular flexibility index (Phi) is 3.65. The summed E-state index contributed by atoms with van der Waals surface area (Å²) >= 11 is 6.42. The third-order valence-corrected chi connectivity index (χ3v) is 7.04. The average Bonchev–Trinajstić information content (AvgIpc) is 3.41. The van der Waals surface area contributed by atoms with Crippen LogP contribution in [0.4, 0.5) is 0 Å². The highest BCUT2D eigenvalue weighted by atomic mass is 35.5. The molecule has 1 atom stereocenters. The van der Waals surface area contributed by atoms with Crippen LogP contribution in [0.25, 0.3) is 11.1 Å². The lowest BCUT2D eigenvalue weighted by Gasteiger charge is -2.46. The van der Waals surface area contributed by atoms with Gasteiger partial charge in [0.15, 0.2) is 0 Å². The van der Waals surface area contributed by atoms with Crippen molar-refractivity contribution in [1.82, 2.24) is 5.01 Å². The van der Waals surface area contributed by atoms with E-state index >= 15 is 0 Å². The van der Waals surface area contributed by atoms with E-state index in [2.05, 4.69) is 77.8 Å². The summed E-state index contributed by atoms with van der Waals surface area (Å²) in [5.41, 5.74) is 7.13. The van der Waals surface area contributed by atoms with Crippen molar-refractivity contribution in [1.29, 1.82) is 0 Å². The van der Waals surface area contributed by atoms with Gasteiger partial charge in [-0.2, -0.15) is 5.10 Å². The van der Waals surface area contributed by atoms with Crippen LogP contribution in [-0.2, 0) is 5.72 Å². The molecule has 0 bridgehead atoms. The van der Waals surface area contributed by atoms with E-state index in [1.54, 1.807) is 0 Å². The van der Waals surface area contributed by atoms with Crippen LogP contribution in [0.15, 0.2) is 102 Å². The van der Waals surface area contributed by atoms with Gasteiger partial charge in [-0.05, 0) is 34.9 Å². The van der Waals surface area contributed by atoms with Crippen molar-refractivity contribution in [3.8, 4) is 16.9 Å². The molecule has 3 nitrogen and oxygen atoms in total. The maximum Gasteiger partial charge on any atom is 0.251 e. The van der Waals surface area contributed by atoms with Crippen LogP contribution in [-0.4, -0.2) is 10.7 Å². The Hall–Kier alpha value is -3.56. The second-order valence-electron chi connectivity index (χ2n) is 8.50. The molecular formula is C28H19ClN2O. The highest BCUT2D eigenvalue weighted by Crippen LogP contribution is 2.59. The van der Waals surface area contributed by atoms with Gasteiger partial charge in [-0.25, -0.2) is 5.01 Å². The molecule has 4 heteroatoms. The van der Waals surface area contributed by atoms with E-state index in [4.69, 9.17) is 21.4 Å². The molecule has 1 unspecified atom stereocenters. The summed E-state index contributed by atoms with van der Waals surface area (Å²) in [7, 11) is 0. The minimum atomic E-state index is -0.810. The molecule has 4 aromatic rings. The van der Waals surface area contributed by atoms with E-state index in [9.17, 15) is 0 Å². The highest BCUT2D eigenvalue weighted by Gasteiger charge is 2.57. The van der Waals surface area contributed by atoms with Crippen molar-refractivity contribution in [2.24, 2.45) is 5.10 Å². The fraction of sp³-hybridized carbons (Fsp3) is 0.107. The van der Waals surface area contributed by atoms with Gasteiger partial charge in [-0.1, -0.05) is 90.5 Å². The van der Waals surface area contributed by atoms with Gasteiger partial charge in [0.25, 0.3) is 5.72 Å². The number of benzene rings is 4. The molecule has 2 aliphatic heterocycles. The molecule has 3 aliphatic rings. The maximum absolute atomic E-state index is 6.95. The van der Waals surface area contributed by atoms with Crippen LogP contribution in [0.1, 0.15) is 34.7 Å². The summed E-state index contributed by atoms with van der Waals surface area (Å²) in [5, 5.41) is 8.11. The van der Waals surface area contributed by atoms with Crippen molar-refractivity contribution >= 4 is 17.3 Å². The monoisotopic (exact) mass is 434 g/mol. The van der Waals surface area contributed by atoms with Gasteiger partial charge in [-0.3, -0.25) is 0 Å². The van der Waals surface area contributed by atoms with E-state index < -0.39 is 5.72 Å². The average molecular weight is 435 g/mol. The second-order valence-corrected chi connectivity index (χ2v) is 8.93. The number of fused-ring (bicyclic) bond motifs is 9. The summed E-state index contributed by atoms with van der Waals surface area (Å²) in [6.07, 6.45) is 0.798. The Balaban J connectivity index is 1.53. The zero-order valence-corrected chi connectivity index (χ0v) is 18.0. The van der Waals surface area contributed by atoms with Crippen molar-refractivity contribution in [2.75, 3.05) is 0 Å². The summed E-state index contributed by atoms with van der Waals surface area (Å²) in [6.45, 7) is 0. The first-order valence-corrected chi connectivity index (χ1v) is 11.2. The normalized spacial score (nSPS) is 19.0. The maximum atomic E-state index is 6.95. The van der Waals surface area contributed by atoms with Crippen LogP contribution in [0.2, 0.25) is 5.02 Å². The molecule has 0 radical (unpaired) electrons. The molecule has 0 fully saturated rings. The number of hydrazone groups is 1. The number of hydrogen-bond donors (Lipinski definition) is 0. The quantitative estimate of drug-likeness (QED) is 0.330. The molecule has 2 heterocycles. The zero-order chi connectivity index (χ0) is 21.3. The van der Waals surface area contributed by atoms with Crippen molar-refractivity contribution in [3.63, 3.8) is 0 Å². The number of halogens is 1. The Morgan fingerprint density at radius 1 is 0.812 bits per heavy atom. The van der Waals surface area contributed by atoms with E-state index in [0.717, 1.165) is 40.1 Å². The predicted octanol–water partition coefficient (Wildman–Crippen LogP) is 6.77. The lowest BCUT2D eigenvalue weighted by molar-refractivity contribution is -0.0909. The number of hydrogen-bond acceptors (Lipinski definition) is 3. The predicted molar refractivity (Wildman–Crippen MR) is 127 cm³/mol. The first-order valence-electron chi connectivity index (χ1n) is 10.9. The van der Waals surface area contributed by atoms with Crippen LogP contribution in [0.3, 0.4) is 0 Å². The standard InChI is InChI=1S/C28H19ClN2O/c29-19-14-15-27-22(16-19)26-17-25(18-8-2-1-3-9-18)30-31(26)28(32-27)23-12-6-4-10-20(23)21-11-5-7-13-24(21)28/h1-16,26H,17H2. The first kappa shape index (κ1) is 18.1. The first-order chi connectivity index (χ1) is 15.8. The van der Waals surface area contributed by atoms with Gasteiger partial charge >= 0.3 is 0 Å². The molecule has 0 N–H and O–H groups in total. The third kappa shape index (κ3) is 2.29.